The molecule has 0 radical (unpaired) electrons. The van der Waals surface area contributed by atoms with E-state index in [0.717, 1.165) is 0 Å². The van der Waals surface area contributed by atoms with Crippen LogP contribution in [0.3, 0.4) is 0 Å². The zero-order valence-corrected chi connectivity index (χ0v) is 7.54. The van der Waals surface area contributed by atoms with E-state index in [1.54, 1.807) is 0 Å². The number of nitrogen functional groups attached to an aromatic ring is 1. The van der Waals surface area contributed by atoms with Gasteiger partial charge in [0.25, 0.3) is 0 Å². The van der Waals surface area contributed by atoms with Crippen LogP contribution >= 0.6 is 11.3 Å². The minimum atomic E-state index is -1.20. The first-order valence-electron chi connectivity index (χ1n) is 3.52. The number of aliphatic hydroxyl groups excluding tert-OH is 1. The summed E-state index contributed by atoms with van der Waals surface area (Å²) in [5, 5.41) is 12.8. The standard InChI is InChI=1S/C6H10N4O2S/c7-4-2-10-6(13-4)9-1-3(11)5(8)12/h2-3,11H,1,7H2,(H2,8,12)(H,9,10). The third-order valence-electron chi connectivity index (χ3n) is 1.30. The van der Waals surface area contributed by atoms with E-state index in [2.05, 4.69) is 10.3 Å². The minimum Gasteiger partial charge on any atom is -0.389 e. The molecule has 1 rings (SSSR count). The summed E-state index contributed by atoms with van der Waals surface area (Å²) in [6.07, 6.45) is 0.286. The van der Waals surface area contributed by atoms with E-state index in [0.29, 0.717) is 10.1 Å². The molecule has 0 saturated heterocycles. The van der Waals surface area contributed by atoms with Crippen molar-refractivity contribution in [3.05, 3.63) is 6.20 Å². The molecule has 1 aromatic heterocycles. The predicted octanol–water partition coefficient (Wildman–Crippen LogP) is -1.02. The van der Waals surface area contributed by atoms with E-state index in [1.807, 2.05) is 0 Å². The van der Waals surface area contributed by atoms with Gasteiger partial charge >= 0.3 is 0 Å². The number of hydrogen-bond acceptors (Lipinski definition) is 6. The van der Waals surface area contributed by atoms with Gasteiger partial charge in [-0.15, -0.1) is 0 Å². The second-order valence-corrected chi connectivity index (χ2v) is 3.43. The van der Waals surface area contributed by atoms with Crippen LogP contribution in [0.1, 0.15) is 0 Å². The molecule has 6 nitrogen and oxygen atoms in total. The Kier molecular flexibility index (Phi) is 3.04. The maximum absolute atomic E-state index is 10.4. The van der Waals surface area contributed by atoms with E-state index < -0.39 is 12.0 Å². The number of thiazole rings is 1. The molecule has 1 amide bonds. The van der Waals surface area contributed by atoms with Gasteiger partial charge in [0.15, 0.2) is 5.13 Å². The highest BCUT2D eigenvalue weighted by Crippen LogP contribution is 2.18. The topological polar surface area (TPSA) is 114 Å². The number of nitrogens with zero attached hydrogens (tertiary/aromatic N) is 1. The first-order chi connectivity index (χ1) is 6.09. The van der Waals surface area contributed by atoms with Crippen molar-refractivity contribution in [1.82, 2.24) is 4.98 Å². The molecule has 0 fully saturated rings. The highest BCUT2D eigenvalue weighted by Gasteiger charge is 2.10. The molecule has 0 aromatic carbocycles. The lowest BCUT2D eigenvalue weighted by molar-refractivity contribution is -0.125. The third-order valence-corrected chi connectivity index (χ3v) is 2.08. The summed E-state index contributed by atoms with van der Waals surface area (Å²) in [6, 6.07) is 0. The van der Waals surface area contributed by atoms with Crippen molar-refractivity contribution in [1.29, 1.82) is 0 Å². The van der Waals surface area contributed by atoms with Crippen molar-refractivity contribution in [3.8, 4) is 0 Å². The maximum atomic E-state index is 10.4. The van der Waals surface area contributed by atoms with Crippen molar-refractivity contribution >= 4 is 27.4 Å². The highest BCUT2D eigenvalue weighted by molar-refractivity contribution is 7.19. The molecule has 0 saturated carbocycles. The number of nitrogens with two attached hydrogens (primary N) is 2. The largest absolute Gasteiger partial charge is 0.389 e. The summed E-state index contributed by atoms with van der Waals surface area (Å²) < 4.78 is 0. The Labute approximate surface area is 78.6 Å². The van der Waals surface area contributed by atoms with Crippen molar-refractivity contribution in [2.75, 3.05) is 17.6 Å². The first kappa shape index (κ1) is 9.75. The van der Waals surface area contributed by atoms with Gasteiger partial charge in [-0.05, 0) is 0 Å². The van der Waals surface area contributed by atoms with Crippen molar-refractivity contribution < 1.29 is 9.90 Å². The normalized spacial score (nSPS) is 12.4. The third kappa shape index (κ3) is 2.88. The Balaban J connectivity index is 2.39. The molecule has 0 aliphatic heterocycles. The summed E-state index contributed by atoms with van der Waals surface area (Å²) in [7, 11) is 0. The molecular formula is C6H10N4O2S. The molecular weight excluding hydrogens is 192 g/mol. The van der Waals surface area contributed by atoms with Gasteiger partial charge in [-0.25, -0.2) is 4.98 Å². The fraction of sp³-hybridized carbons (Fsp3) is 0.333. The number of anilines is 2. The van der Waals surface area contributed by atoms with Crippen LogP contribution in [-0.2, 0) is 4.79 Å². The average Bonchev–Trinajstić information content (AvgIpc) is 2.47. The van der Waals surface area contributed by atoms with E-state index in [-0.39, 0.29) is 6.54 Å². The average molecular weight is 202 g/mol. The Morgan fingerprint density at radius 1 is 1.85 bits per heavy atom. The molecule has 13 heavy (non-hydrogen) atoms. The van der Waals surface area contributed by atoms with Crippen molar-refractivity contribution in [2.45, 2.75) is 6.10 Å². The molecule has 7 heteroatoms. The lowest BCUT2D eigenvalue weighted by atomic mass is 10.3. The van der Waals surface area contributed by atoms with Crippen LogP contribution in [0.2, 0.25) is 0 Å². The fourth-order valence-corrected chi connectivity index (χ4v) is 1.24. The summed E-state index contributed by atoms with van der Waals surface area (Å²) in [6.45, 7) is 0.0439. The summed E-state index contributed by atoms with van der Waals surface area (Å²) in [5.74, 6) is -0.767. The van der Waals surface area contributed by atoms with E-state index in [1.165, 1.54) is 17.5 Å². The van der Waals surface area contributed by atoms with Crippen LogP contribution in [0.25, 0.3) is 0 Å². The molecule has 1 heterocycles. The van der Waals surface area contributed by atoms with Gasteiger partial charge in [-0.1, -0.05) is 11.3 Å². The maximum Gasteiger partial charge on any atom is 0.248 e. The number of carbonyl (C=O) groups excluding carboxylic acids is 1. The molecule has 0 bridgehead atoms. The summed E-state index contributed by atoms with van der Waals surface area (Å²) in [5.41, 5.74) is 10.2. The number of nitrogens with one attached hydrogen (secondary N) is 1. The van der Waals surface area contributed by atoms with Gasteiger partial charge in [0.05, 0.1) is 12.7 Å². The Bertz CT molecular complexity index is 301. The number of rotatable bonds is 4. The molecule has 6 N–H and O–H groups in total. The Hall–Kier alpha value is -1.34. The SMILES string of the molecule is NC(=O)C(O)CNc1ncc(N)s1. The van der Waals surface area contributed by atoms with Gasteiger partial charge in [0, 0.05) is 0 Å². The van der Waals surface area contributed by atoms with Crippen LogP contribution in [0, 0.1) is 0 Å². The molecule has 0 aliphatic carbocycles. The van der Waals surface area contributed by atoms with Gasteiger partial charge in [0.1, 0.15) is 11.1 Å². The number of aliphatic hydroxyl groups is 1. The van der Waals surface area contributed by atoms with Gasteiger partial charge < -0.3 is 21.9 Å². The van der Waals surface area contributed by atoms with Gasteiger partial charge in [0.2, 0.25) is 5.91 Å². The number of amides is 1. The lowest BCUT2D eigenvalue weighted by Crippen LogP contribution is -2.34. The van der Waals surface area contributed by atoms with Crippen molar-refractivity contribution in [3.63, 3.8) is 0 Å². The molecule has 0 spiro atoms. The smallest absolute Gasteiger partial charge is 0.248 e. The Morgan fingerprint density at radius 3 is 3.00 bits per heavy atom. The highest BCUT2D eigenvalue weighted by atomic mass is 32.1. The second kappa shape index (κ2) is 4.06. The van der Waals surface area contributed by atoms with Crippen LogP contribution in [0.5, 0.6) is 0 Å². The number of primary amides is 1. The number of carbonyl (C=O) groups is 1. The number of hydrogen-bond donors (Lipinski definition) is 4. The predicted molar refractivity (Wildman–Crippen MR) is 50.2 cm³/mol. The Morgan fingerprint density at radius 2 is 2.54 bits per heavy atom. The van der Waals surface area contributed by atoms with Gasteiger partial charge in [-0.2, -0.15) is 0 Å². The number of aromatic nitrogens is 1. The van der Waals surface area contributed by atoms with Crippen LogP contribution in [0.4, 0.5) is 10.1 Å². The van der Waals surface area contributed by atoms with Crippen LogP contribution in [-0.4, -0.2) is 28.6 Å². The van der Waals surface area contributed by atoms with Crippen LogP contribution < -0.4 is 16.8 Å². The first-order valence-corrected chi connectivity index (χ1v) is 4.34. The molecule has 72 valence electrons. The summed E-state index contributed by atoms with van der Waals surface area (Å²) in [4.78, 5) is 14.3. The monoisotopic (exact) mass is 202 g/mol. The lowest BCUT2D eigenvalue weighted by Gasteiger charge is -2.05. The van der Waals surface area contributed by atoms with E-state index in [4.69, 9.17) is 16.6 Å². The molecule has 1 aromatic rings. The fourth-order valence-electron chi connectivity index (χ4n) is 0.653. The van der Waals surface area contributed by atoms with Gasteiger partial charge in [-0.3, -0.25) is 4.79 Å². The second-order valence-electron chi connectivity index (χ2n) is 2.37. The molecule has 1 unspecified atom stereocenters. The van der Waals surface area contributed by atoms with Crippen LogP contribution in [0.15, 0.2) is 6.20 Å². The summed E-state index contributed by atoms with van der Waals surface area (Å²) >= 11 is 1.23. The zero-order valence-electron chi connectivity index (χ0n) is 6.73. The quantitative estimate of drug-likeness (QED) is 0.499. The van der Waals surface area contributed by atoms with E-state index >= 15 is 0 Å². The zero-order chi connectivity index (χ0) is 9.84. The molecule has 1 atom stereocenters. The molecule has 0 aliphatic rings. The minimum absolute atomic E-state index is 0.0439. The van der Waals surface area contributed by atoms with E-state index in [9.17, 15) is 4.79 Å². The van der Waals surface area contributed by atoms with Crippen molar-refractivity contribution in [2.24, 2.45) is 5.73 Å².